The second-order valence-corrected chi connectivity index (χ2v) is 8.15. The fraction of sp³-hybridized carbons (Fsp3) is 0.381. The van der Waals surface area contributed by atoms with Crippen LogP contribution in [-0.2, 0) is 0 Å². The van der Waals surface area contributed by atoms with Gasteiger partial charge in [0.25, 0.3) is 5.91 Å². The molecule has 7 nitrogen and oxygen atoms in total. The van der Waals surface area contributed by atoms with E-state index in [9.17, 15) is 4.79 Å². The summed E-state index contributed by atoms with van der Waals surface area (Å²) < 4.78 is 14.7. The summed E-state index contributed by atoms with van der Waals surface area (Å²) in [5.74, 6) is 3.32. The van der Waals surface area contributed by atoms with Gasteiger partial charge in [0, 0.05) is 25.3 Å². The predicted octanol–water partition coefficient (Wildman–Crippen LogP) is 5.00. The Bertz CT molecular complexity index is 973. The van der Waals surface area contributed by atoms with Gasteiger partial charge in [-0.05, 0) is 49.6 Å². The second kappa shape index (κ2) is 8.65. The fourth-order valence-electron chi connectivity index (χ4n) is 2.96. The Morgan fingerprint density at radius 2 is 1.86 bits per heavy atom. The van der Waals surface area contributed by atoms with E-state index in [0.717, 1.165) is 34.5 Å². The maximum absolute atomic E-state index is 12.2. The average Bonchev–Trinajstić information content (AvgIpc) is 3.24. The molecule has 3 aromatic rings. The molecule has 154 valence electrons. The van der Waals surface area contributed by atoms with Gasteiger partial charge in [-0.3, -0.25) is 4.79 Å². The number of carbonyl (C=O) groups excluding carboxylic acids is 1. The molecule has 0 aliphatic carbocycles. The van der Waals surface area contributed by atoms with Crippen molar-refractivity contribution < 1.29 is 9.21 Å². The third-order valence-corrected chi connectivity index (χ3v) is 5.25. The maximum Gasteiger partial charge on any atom is 0.253 e. The largest absolute Gasteiger partial charge is 0.464 e. The summed E-state index contributed by atoms with van der Waals surface area (Å²) in [6.07, 6.45) is 0. The van der Waals surface area contributed by atoms with Crippen LogP contribution < -0.4 is 10.6 Å². The highest BCUT2D eigenvalue weighted by Gasteiger charge is 2.23. The molecule has 1 atom stereocenters. The van der Waals surface area contributed by atoms with Gasteiger partial charge in [0.05, 0.1) is 17.8 Å². The van der Waals surface area contributed by atoms with Gasteiger partial charge < -0.3 is 20.0 Å². The van der Waals surface area contributed by atoms with E-state index < -0.39 is 0 Å². The summed E-state index contributed by atoms with van der Waals surface area (Å²) >= 11 is 1.13. The Hall–Kier alpha value is -2.87. The third-order valence-electron chi connectivity index (χ3n) is 4.72. The smallest absolute Gasteiger partial charge is 0.253 e. The highest BCUT2D eigenvalue weighted by Crippen LogP contribution is 2.32. The molecule has 8 heteroatoms. The SMILES string of the molecule is Cc1cc([C@H](Nc2nsnc2Nc2cccc(C(=O)N(C)C)c2)C(C)C)oc1C. The molecule has 0 bridgehead atoms. The van der Waals surface area contributed by atoms with Gasteiger partial charge in [0.15, 0.2) is 11.6 Å². The standard InChI is InChI=1S/C21H27N5O2S/c1-12(2)18(17-10-13(3)14(4)28-17)23-20-19(24-29-25-20)22-16-9-7-8-15(11-16)21(27)26(5)6/h7-12,18H,1-6H3,(H,22,24)(H,23,25)/t18-/m1/s1. The van der Waals surface area contributed by atoms with E-state index in [4.69, 9.17) is 4.42 Å². The number of furan rings is 1. The number of nitrogens with one attached hydrogen (secondary N) is 2. The number of carbonyl (C=O) groups is 1. The number of aryl methyl sites for hydroxylation is 2. The fourth-order valence-corrected chi connectivity index (χ4v) is 3.43. The normalized spacial score (nSPS) is 12.1. The number of aromatic nitrogens is 2. The molecule has 29 heavy (non-hydrogen) atoms. The molecule has 0 saturated heterocycles. The molecule has 0 aliphatic rings. The highest BCUT2D eigenvalue weighted by molar-refractivity contribution is 6.99. The van der Waals surface area contributed by atoms with Crippen molar-refractivity contribution in [3.8, 4) is 0 Å². The van der Waals surface area contributed by atoms with Crippen LogP contribution in [0.2, 0.25) is 0 Å². The summed E-state index contributed by atoms with van der Waals surface area (Å²) in [6, 6.07) is 9.38. The minimum Gasteiger partial charge on any atom is -0.464 e. The van der Waals surface area contributed by atoms with Crippen LogP contribution in [0.4, 0.5) is 17.3 Å². The lowest BCUT2D eigenvalue weighted by molar-refractivity contribution is 0.0827. The lowest BCUT2D eigenvalue weighted by Crippen LogP contribution is -2.21. The lowest BCUT2D eigenvalue weighted by Gasteiger charge is -2.20. The number of nitrogens with zero attached hydrogens (tertiary/aromatic N) is 3. The Balaban J connectivity index is 1.82. The molecular weight excluding hydrogens is 386 g/mol. The first-order chi connectivity index (χ1) is 13.8. The van der Waals surface area contributed by atoms with Crippen LogP contribution in [0.1, 0.15) is 47.3 Å². The second-order valence-electron chi connectivity index (χ2n) is 7.62. The molecule has 2 N–H and O–H groups in total. The van der Waals surface area contributed by atoms with E-state index in [-0.39, 0.29) is 17.9 Å². The molecule has 0 aliphatic heterocycles. The number of hydrogen-bond donors (Lipinski definition) is 2. The molecule has 0 saturated carbocycles. The Morgan fingerprint density at radius 3 is 2.48 bits per heavy atom. The molecule has 1 aromatic carbocycles. The zero-order valence-electron chi connectivity index (χ0n) is 17.6. The lowest BCUT2D eigenvalue weighted by atomic mass is 10.0. The van der Waals surface area contributed by atoms with Crippen molar-refractivity contribution in [3.63, 3.8) is 0 Å². The number of benzene rings is 1. The summed E-state index contributed by atoms with van der Waals surface area (Å²) in [5, 5.41) is 6.74. The van der Waals surface area contributed by atoms with Crippen LogP contribution in [-0.4, -0.2) is 33.6 Å². The molecule has 3 rings (SSSR count). The van der Waals surface area contributed by atoms with Crippen molar-refractivity contribution in [1.29, 1.82) is 0 Å². The molecular formula is C21H27N5O2S. The topological polar surface area (TPSA) is 83.3 Å². The molecule has 2 heterocycles. The van der Waals surface area contributed by atoms with Crippen molar-refractivity contribution >= 4 is 35.0 Å². The minimum absolute atomic E-state index is 0.0338. The van der Waals surface area contributed by atoms with Crippen LogP contribution >= 0.6 is 11.7 Å². The van der Waals surface area contributed by atoms with Gasteiger partial charge in [-0.1, -0.05) is 19.9 Å². The Kier molecular flexibility index (Phi) is 6.22. The van der Waals surface area contributed by atoms with E-state index in [1.807, 2.05) is 32.0 Å². The van der Waals surface area contributed by atoms with Gasteiger partial charge in [-0.2, -0.15) is 8.75 Å². The average molecular weight is 414 g/mol. The summed E-state index contributed by atoms with van der Waals surface area (Å²) in [7, 11) is 3.47. The molecule has 0 radical (unpaired) electrons. The first-order valence-electron chi connectivity index (χ1n) is 9.51. The first kappa shape index (κ1) is 20.9. The van der Waals surface area contributed by atoms with E-state index in [1.165, 1.54) is 0 Å². The monoisotopic (exact) mass is 413 g/mol. The molecule has 0 unspecified atom stereocenters. The number of anilines is 3. The van der Waals surface area contributed by atoms with Gasteiger partial charge >= 0.3 is 0 Å². The van der Waals surface area contributed by atoms with Gasteiger partial charge in [0.1, 0.15) is 11.5 Å². The van der Waals surface area contributed by atoms with Crippen LogP contribution in [0.5, 0.6) is 0 Å². The van der Waals surface area contributed by atoms with Crippen LogP contribution in [0.15, 0.2) is 34.7 Å². The van der Waals surface area contributed by atoms with E-state index in [0.29, 0.717) is 17.2 Å². The van der Waals surface area contributed by atoms with Crippen LogP contribution in [0.3, 0.4) is 0 Å². The van der Waals surface area contributed by atoms with E-state index in [2.05, 4.69) is 39.3 Å². The quantitative estimate of drug-likeness (QED) is 0.567. The minimum atomic E-state index is -0.0492. The number of amides is 1. The van der Waals surface area contributed by atoms with Crippen molar-refractivity contribution in [3.05, 3.63) is 53.0 Å². The molecule has 0 fully saturated rings. The van der Waals surface area contributed by atoms with Gasteiger partial charge in [0.2, 0.25) is 0 Å². The maximum atomic E-state index is 12.2. The summed E-state index contributed by atoms with van der Waals surface area (Å²) in [4.78, 5) is 13.8. The first-order valence-corrected chi connectivity index (χ1v) is 10.2. The number of hydrogen-bond acceptors (Lipinski definition) is 7. The predicted molar refractivity (Wildman–Crippen MR) is 117 cm³/mol. The third kappa shape index (κ3) is 4.76. The van der Waals surface area contributed by atoms with Gasteiger partial charge in [-0.25, -0.2) is 0 Å². The van der Waals surface area contributed by atoms with Gasteiger partial charge in [-0.15, -0.1) is 0 Å². The zero-order valence-corrected chi connectivity index (χ0v) is 18.4. The molecule has 1 amide bonds. The highest BCUT2D eigenvalue weighted by atomic mass is 32.1. The summed E-state index contributed by atoms with van der Waals surface area (Å²) in [6.45, 7) is 8.27. The molecule has 0 spiro atoms. The van der Waals surface area contributed by atoms with E-state index >= 15 is 0 Å². The van der Waals surface area contributed by atoms with Crippen molar-refractivity contribution in [2.45, 2.75) is 33.7 Å². The summed E-state index contributed by atoms with van der Waals surface area (Å²) in [5.41, 5.74) is 2.52. The van der Waals surface area contributed by atoms with Crippen LogP contribution in [0.25, 0.3) is 0 Å². The van der Waals surface area contributed by atoms with Crippen molar-refractivity contribution in [2.24, 2.45) is 5.92 Å². The van der Waals surface area contributed by atoms with Crippen molar-refractivity contribution in [1.82, 2.24) is 13.6 Å². The molecule has 2 aromatic heterocycles. The van der Waals surface area contributed by atoms with Crippen molar-refractivity contribution in [2.75, 3.05) is 24.7 Å². The number of rotatable bonds is 7. The Morgan fingerprint density at radius 1 is 1.14 bits per heavy atom. The van der Waals surface area contributed by atoms with E-state index in [1.54, 1.807) is 25.1 Å². The zero-order chi connectivity index (χ0) is 21.1. The Labute approximate surface area is 175 Å². The van der Waals surface area contributed by atoms with Crippen LogP contribution in [0, 0.1) is 19.8 Å².